The molecule has 0 radical (unpaired) electrons. The number of hydrogen-bond donors (Lipinski definition) is 0. The second kappa shape index (κ2) is 4.40. The monoisotopic (exact) mass is 336 g/mol. The lowest BCUT2D eigenvalue weighted by molar-refractivity contribution is 0.386. The quantitative estimate of drug-likeness (QED) is 0.791. The summed E-state index contributed by atoms with van der Waals surface area (Å²) in [5.41, 5.74) is 0.716. The molecule has 0 saturated heterocycles. The molecule has 78 valence electrons. The highest BCUT2D eigenvalue weighted by molar-refractivity contribution is 14.1. The van der Waals surface area contributed by atoms with Crippen LogP contribution in [0.15, 0.2) is 18.2 Å². The molecule has 1 aromatic carbocycles. The molecule has 0 bridgehead atoms. The Morgan fingerprint density at radius 1 is 1.40 bits per heavy atom. The highest BCUT2D eigenvalue weighted by Crippen LogP contribution is 2.27. The van der Waals surface area contributed by atoms with Crippen molar-refractivity contribution in [2.24, 2.45) is 0 Å². The number of ether oxygens (including phenoxy) is 1. The van der Waals surface area contributed by atoms with Crippen LogP contribution in [0.25, 0.3) is 10.6 Å². The number of methoxy groups -OCH3 is 1. The molecule has 0 atom stereocenters. The maximum absolute atomic E-state index is 13.4. The van der Waals surface area contributed by atoms with E-state index in [0.717, 1.165) is 3.01 Å². The number of benzene rings is 1. The smallest absolute Gasteiger partial charge is 0.178 e. The van der Waals surface area contributed by atoms with Crippen molar-refractivity contribution in [3.63, 3.8) is 0 Å². The van der Waals surface area contributed by atoms with Gasteiger partial charge in [0.1, 0.15) is 5.01 Å². The van der Waals surface area contributed by atoms with E-state index in [0.29, 0.717) is 10.6 Å². The average molecular weight is 336 g/mol. The van der Waals surface area contributed by atoms with Gasteiger partial charge in [-0.2, -0.15) is 0 Å². The summed E-state index contributed by atoms with van der Waals surface area (Å²) in [6.07, 6.45) is 0. The molecule has 0 aliphatic heterocycles. The predicted molar refractivity (Wildman–Crippen MR) is 64.6 cm³/mol. The molecule has 2 rings (SSSR count). The van der Waals surface area contributed by atoms with E-state index in [1.165, 1.54) is 24.5 Å². The summed E-state index contributed by atoms with van der Waals surface area (Å²) in [4.78, 5) is 0. The zero-order valence-corrected chi connectivity index (χ0v) is 10.7. The minimum absolute atomic E-state index is 0.234. The van der Waals surface area contributed by atoms with Gasteiger partial charge in [0, 0.05) is 5.56 Å². The maximum atomic E-state index is 13.4. The first kappa shape index (κ1) is 10.7. The Balaban J connectivity index is 2.42. The Bertz CT molecular complexity index is 489. The molecule has 0 saturated carbocycles. The number of nitrogens with zero attached hydrogens (tertiary/aromatic N) is 2. The van der Waals surface area contributed by atoms with Gasteiger partial charge in [-0.05, 0) is 40.8 Å². The van der Waals surface area contributed by atoms with Gasteiger partial charge >= 0.3 is 0 Å². The lowest BCUT2D eigenvalue weighted by Crippen LogP contribution is -1.88. The van der Waals surface area contributed by atoms with Crippen LogP contribution in [-0.4, -0.2) is 17.3 Å². The van der Waals surface area contributed by atoms with Crippen molar-refractivity contribution >= 4 is 33.9 Å². The molecule has 0 spiro atoms. The predicted octanol–water partition coefficient (Wildman–Crippen LogP) is 2.96. The van der Waals surface area contributed by atoms with E-state index in [4.69, 9.17) is 4.74 Å². The third kappa shape index (κ3) is 2.25. The Kier molecular flexibility index (Phi) is 3.15. The Labute approximate surface area is 103 Å². The van der Waals surface area contributed by atoms with E-state index in [1.807, 2.05) is 0 Å². The summed E-state index contributed by atoms with van der Waals surface area (Å²) < 4.78 is 19.0. The molecule has 0 unspecified atom stereocenters. The van der Waals surface area contributed by atoms with Crippen LogP contribution >= 0.6 is 33.9 Å². The van der Waals surface area contributed by atoms with Gasteiger partial charge in [0.05, 0.1) is 7.11 Å². The summed E-state index contributed by atoms with van der Waals surface area (Å²) >= 11 is 3.50. The van der Waals surface area contributed by atoms with Crippen molar-refractivity contribution in [2.75, 3.05) is 7.11 Å². The van der Waals surface area contributed by atoms with Crippen LogP contribution in [0.3, 0.4) is 0 Å². The SMILES string of the molecule is COc1ccc(-c2nnc(I)s2)cc1F. The van der Waals surface area contributed by atoms with Crippen molar-refractivity contribution in [3.8, 4) is 16.3 Å². The van der Waals surface area contributed by atoms with Crippen LogP contribution in [0.5, 0.6) is 5.75 Å². The fraction of sp³-hybridized carbons (Fsp3) is 0.111. The lowest BCUT2D eigenvalue weighted by atomic mass is 10.2. The molecule has 2 aromatic rings. The van der Waals surface area contributed by atoms with Crippen molar-refractivity contribution in [1.82, 2.24) is 10.2 Å². The second-order valence-corrected chi connectivity index (χ2v) is 5.44. The number of halogens is 2. The number of aromatic nitrogens is 2. The first-order chi connectivity index (χ1) is 7.20. The number of rotatable bonds is 2. The van der Waals surface area contributed by atoms with Gasteiger partial charge in [-0.1, -0.05) is 11.3 Å². The first-order valence-electron chi connectivity index (χ1n) is 4.03. The fourth-order valence-corrected chi connectivity index (χ4v) is 2.42. The lowest BCUT2D eigenvalue weighted by Gasteiger charge is -2.02. The maximum Gasteiger partial charge on any atom is 0.178 e. The molecule has 1 heterocycles. The van der Waals surface area contributed by atoms with E-state index in [2.05, 4.69) is 32.8 Å². The van der Waals surface area contributed by atoms with E-state index in [9.17, 15) is 4.39 Å². The standard InChI is InChI=1S/C9H6FIN2OS/c1-14-7-3-2-5(4-6(7)10)8-12-13-9(11)15-8/h2-4H,1H3. The summed E-state index contributed by atoms with van der Waals surface area (Å²) in [5.74, 6) is -0.154. The van der Waals surface area contributed by atoms with E-state index >= 15 is 0 Å². The molecule has 3 nitrogen and oxygen atoms in total. The molecule has 0 N–H and O–H groups in total. The Morgan fingerprint density at radius 3 is 2.73 bits per heavy atom. The molecule has 0 aliphatic rings. The molecular formula is C9H6FIN2OS. The van der Waals surface area contributed by atoms with Crippen molar-refractivity contribution in [2.45, 2.75) is 0 Å². The van der Waals surface area contributed by atoms with Crippen LogP contribution in [0.4, 0.5) is 4.39 Å². The molecule has 0 fully saturated rings. The van der Waals surface area contributed by atoms with Crippen LogP contribution in [0.2, 0.25) is 0 Å². The van der Waals surface area contributed by atoms with Crippen molar-refractivity contribution < 1.29 is 9.13 Å². The van der Waals surface area contributed by atoms with E-state index in [1.54, 1.807) is 12.1 Å². The summed E-state index contributed by atoms with van der Waals surface area (Å²) in [6, 6.07) is 4.74. The molecule has 0 aliphatic carbocycles. The number of hydrogen-bond acceptors (Lipinski definition) is 4. The van der Waals surface area contributed by atoms with Gasteiger partial charge in [-0.3, -0.25) is 0 Å². The minimum Gasteiger partial charge on any atom is -0.494 e. The minimum atomic E-state index is -0.389. The van der Waals surface area contributed by atoms with Gasteiger partial charge in [-0.25, -0.2) is 4.39 Å². The summed E-state index contributed by atoms with van der Waals surface area (Å²) in [6.45, 7) is 0. The molecular weight excluding hydrogens is 330 g/mol. The molecule has 6 heteroatoms. The Hall–Kier alpha value is -0.760. The highest BCUT2D eigenvalue weighted by atomic mass is 127. The van der Waals surface area contributed by atoms with Crippen LogP contribution in [0.1, 0.15) is 0 Å². The van der Waals surface area contributed by atoms with Gasteiger partial charge in [-0.15, -0.1) is 10.2 Å². The summed E-state index contributed by atoms with van der Waals surface area (Å²) in [5, 5.41) is 8.51. The zero-order valence-electron chi connectivity index (χ0n) is 7.70. The molecule has 15 heavy (non-hydrogen) atoms. The van der Waals surface area contributed by atoms with Crippen LogP contribution in [0, 0.1) is 8.83 Å². The van der Waals surface area contributed by atoms with Crippen LogP contribution in [-0.2, 0) is 0 Å². The van der Waals surface area contributed by atoms with E-state index < -0.39 is 0 Å². The third-order valence-electron chi connectivity index (χ3n) is 1.80. The fourth-order valence-electron chi connectivity index (χ4n) is 1.12. The topological polar surface area (TPSA) is 35.0 Å². The Morgan fingerprint density at radius 2 is 2.20 bits per heavy atom. The molecule has 1 aromatic heterocycles. The van der Waals surface area contributed by atoms with E-state index in [-0.39, 0.29) is 11.6 Å². The van der Waals surface area contributed by atoms with Crippen molar-refractivity contribution in [1.29, 1.82) is 0 Å². The average Bonchev–Trinajstić information content (AvgIpc) is 2.65. The normalized spacial score (nSPS) is 10.3. The zero-order chi connectivity index (χ0) is 10.8. The molecule has 0 amide bonds. The third-order valence-corrected chi connectivity index (χ3v) is 3.44. The second-order valence-electron chi connectivity index (χ2n) is 2.71. The van der Waals surface area contributed by atoms with Gasteiger partial charge < -0.3 is 4.74 Å². The van der Waals surface area contributed by atoms with Crippen LogP contribution < -0.4 is 4.74 Å². The first-order valence-corrected chi connectivity index (χ1v) is 5.93. The van der Waals surface area contributed by atoms with Crippen molar-refractivity contribution in [3.05, 3.63) is 27.0 Å². The summed E-state index contributed by atoms with van der Waals surface area (Å²) in [7, 11) is 1.44. The van der Waals surface area contributed by atoms with Gasteiger partial charge in [0.25, 0.3) is 0 Å². The van der Waals surface area contributed by atoms with Gasteiger partial charge in [0.2, 0.25) is 0 Å². The van der Waals surface area contributed by atoms with Gasteiger partial charge in [0.15, 0.2) is 14.6 Å². The highest BCUT2D eigenvalue weighted by Gasteiger charge is 2.08. The largest absolute Gasteiger partial charge is 0.494 e.